The van der Waals surface area contributed by atoms with Gasteiger partial charge in [-0.2, -0.15) is 0 Å². The van der Waals surface area contributed by atoms with Crippen LogP contribution in [0.3, 0.4) is 0 Å². The van der Waals surface area contributed by atoms with E-state index in [0.29, 0.717) is 22.9 Å². The van der Waals surface area contributed by atoms with Crippen LogP contribution in [-0.4, -0.2) is 17.4 Å². The molecule has 1 aromatic heterocycles. The van der Waals surface area contributed by atoms with E-state index in [2.05, 4.69) is 4.98 Å². The lowest BCUT2D eigenvalue weighted by molar-refractivity contribution is 0.103. The van der Waals surface area contributed by atoms with Crippen LogP contribution in [-0.2, 0) is 0 Å². The van der Waals surface area contributed by atoms with Gasteiger partial charge in [0.15, 0.2) is 5.78 Å². The van der Waals surface area contributed by atoms with Crippen molar-refractivity contribution in [1.29, 1.82) is 0 Å². The zero-order chi connectivity index (χ0) is 13.0. The van der Waals surface area contributed by atoms with Crippen molar-refractivity contribution in [3.8, 4) is 5.75 Å². The number of benzene rings is 1. The quantitative estimate of drug-likeness (QED) is 0.626. The van der Waals surface area contributed by atoms with Gasteiger partial charge >= 0.3 is 0 Å². The van der Waals surface area contributed by atoms with Gasteiger partial charge in [-0.05, 0) is 43.3 Å². The zero-order valence-corrected chi connectivity index (χ0v) is 10.6. The second kappa shape index (κ2) is 5.65. The predicted octanol–water partition coefficient (Wildman–Crippen LogP) is 3.36. The van der Waals surface area contributed by atoms with E-state index in [-0.39, 0.29) is 5.78 Å². The number of carbonyl (C=O) groups excluding carboxylic acids is 1. The zero-order valence-electron chi connectivity index (χ0n) is 9.89. The summed E-state index contributed by atoms with van der Waals surface area (Å²) >= 11 is 5.76. The average molecular weight is 262 g/mol. The average Bonchev–Trinajstić information content (AvgIpc) is 2.39. The Labute approximate surface area is 110 Å². The second-order valence-corrected chi connectivity index (χ2v) is 4.04. The summed E-state index contributed by atoms with van der Waals surface area (Å²) < 4.78 is 5.32. The van der Waals surface area contributed by atoms with Crippen molar-refractivity contribution in [3.63, 3.8) is 0 Å². The van der Waals surface area contributed by atoms with Gasteiger partial charge in [-0.25, -0.2) is 4.98 Å². The number of nitrogens with zero attached hydrogens (tertiary/aromatic N) is 1. The van der Waals surface area contributed by atoms with Crippen molar-refractivity contribution in [2.45, 2.75) is 6.92 Å². The molecule has 2 aromatic rings. The van der Waals surface area contributed by atoms with Crippen LogP contribution in [0.15, 0.2) is 42.6 Å². The molecule has 0 bridgehead atoms. The summed E-state index contributed by atoms with van der Waals surface area (Å²) in [4.78, 5) is 16.0. The molecule has 0 aliphatic rings. The molecule has 92 valence electrons. The minimum Gasteiger partial charge on any atom is -0.494 e. The minimum absolute atomic E-state index is 0.0812. The Morgan fingerprint density at radius 3 is 2.56 bits per heavy atom. The molecule has 0 unspecified atom stereocenters. The van der Waals surface area contributed by atoms with Crippen LogP contribution in [0.4, 0.5) is 0 Å². The fourth-order valence-corrected chi connectivity index (χ4v) is 1.75. The Bertz CT molecular complexity index is 552. The number of carbonyl (C=O) groups is 1. The van der Waals surface area contributed by atoms with Crippen molar-refractivity contribution < 1.29 is 9.53 Å². The highest BCUT2D eigenvalue weighted by Gasteiger charge is 2.09. The van der Waals surface area contributed by atoms with E-state index in [1.807, 2.05) is 6.92 Å². The van der Waals surface area contributed by atoms with Gasteiger partial charge < -0.3 is 4.74 Å². The number of ether oxygens (including phenoxy) is 1. The lowest BCUT2D eigenvalue weighted by atomic mass is 10.0. The normalized spacial score (nSPS) is 10.1. The Morgan fingerprint density at radius 1 is 1.22 bits per heavy atom. The number of halogens is 1. The number of hydrogen-bond donors (Lipinski definition) is 0. The maximum absolute atomic E-state index is 12.1. The Hall–Kier alpha value is -1.87. The summed E-state index contributed by atoms with van der Waals surface area (Å²) in [6.07, 6.45) is 1.52. The third-order valence-electron chi connectivity index (χ3n) is 2.42. The standard InChI is InChI=1S/C14H12ClNO2/c1-2-18-12-5-3-10(4-6-12)14(17)11-7-8-16-13(15)9-11/h3-9H,2H2,1H3. The maximum atomic E-state index is 12.1. The van der Waals surface area contributed by atoms with Crippen LogP contribution in [0, 0.1) is 0 Å². The summed E-state index contributed by atoms with van der Waals surface area (Å²) in [6.45, 7) is 2.52. The molecule has 0 fully saturated rings. The SMILES string of the molecule is CCOc1ccc(C(=O)c2ccnc(Cl)c2)cc1. The van der Waals surface area contributed by atoms with Crippen molar-refractivity contribution >= 4 is 17.4 Å². The predicted molar refractivity (Wildman–Crippen MR) is 70.3 cm³/mol. The molecule has 18 heavy (non-hydrogen) atoms. The van der Waals surface area contributed by atoms with E-state index in [0.717, 1.165) is 5.75 Å². The topological polar surface area (TPSA) is 39.2 Å². The van der Waals surface area contributed by atoms with Crippen molar-refractivity contribution in [1.82, 2.24) is 4.98 Å². The van der Waals surface area contributed by atoms with Crippen LogP contribution in [0.2, 0.25) is 5.15 Å². The molecule has 0 aliphatic heterocycles. The monoisotopic (exact) mass is 261 g/mol. The molecule has 0 atom stereocenters. The number of pyridine rings is 1. The van der Waals surface area contributed by atoms with Gasteiger partial charge in [-0.15, -0.1) is 0 Å². The van der Waals surface area contributed by atoms with Crippen LogP contribution >= 0.6 is 11.6 Å². The molecule has 0 radical (unpaired) electrons. The third kappa shape index (κ3) is 2.87. The molecule has 4 heteroatoms. The molecular formula is C14H12ClNO2. The van der Waals surface area contributed by atoms with Gasteiger partial charge in [0.25, 0.3) is 0 Å². The maximum Gasteiger partial charge on any atom is 0.193 e. The van der Waals surface area contributed by atoms with Crippen LogP contribution in [0.25, 0.3) is 0 Å². The van der Waals surface area contributed by atoms with Gasteiger partial charge in [-0.3, -0.25) is 4.79 Å². The highest BCUT2D eigenvalue weighted by molar-refractivity contribution is 6.29. The summed E-state index contributed by atoms with van der Waals surface area (Å²) in [6, 6.07) is 10.2. The van der Waals surface area contributed by atoms with Crippen LogP contribution in [0.5, 0.6) is 5.75 Å². The van der Waals surface area contributed by atoms with Gasteiger partial charge in [0.05, 0.1) is 6.61 Å². The van der Waals surface area contributed by atoms with E-state index in [1.54, 1.807) is 36.4 Å². The van der Waals surface area contributed by atoms with Crippen molar-refractivity contribution in [3.05, 3.63) is 58.9 Å². The molecule has 0 N–H and O–H groups in total. The molecule has 3 nitrogen and oxygen atoms in total. The summed E-state index contributed by atoms with van der Waals surface area (Å²) in [5, 5.41) is 0.312. The Morgan fingerprint density at radius 2 is 1.94 bits per heavy atom. The first-order valence-corrected chi connectivity index (χ1v) is 5.97. The van der Waals surface area contributed by atoms with Gasteiger partial charge in [0.1, 0.15) is 10.9 Å². The third-order valence-corrected chi connectivity index (χ3v) is 2.62. The van der Waals surface area contributed by atoms with E-state index in [9.17, 15) is 4.79 Å². The summed E-state index contributed by atoms with van der Waals surface area (Å²) in [5.41, 5.74) is 1.12. The fourth-order valence-electron chi connectivity index (χ4n) is 1.58. The first kappa shape index (κ1) is 12.6. The fraction of sp³-hybridized carbons (Fsp3) is 0.143. The Kier molecular flexibility index (Phi) is 3.95. The first-order chi connectivity index (χ1) is 8.70. The van der Waals surface area contributed by atoms with Crippen molar-refractivity contribution in [2.75, 3.05) is 6.61 Å². The highest BCUT2D eigenvalue weighted by Crippen LogP contribution is 2.16. The van der Waals surface area contributed by atoms with Gasteiger partial charge in [-0.1, -0.05) is 11.6 Å². The number of hydrogen-bond acceptors (Lipinski definition) is 3. The minimum atomic E-state index is -0.0812. The second-order valence-electron chi connectivity index (χ2n) is 3.65. The van der Waals surface area contributed by atoms with E-state index in [4.69, 9.17) is 16.3 Å². The molecule has 0 aliphatic carbocycles. The molecule has 2 rings (SSSR count). The van der Waals surface area contributed by atoms with E-state index in [1.165, 1.54) is 6.20 Å². The number of aromatic nitrogens is 1. The molecule has 0 amide bonds. The van der Waals surface area contributed by atoms with Crippen LogP contribution in [0.1, 0.15) is 22.8 Å². The van der Waals surface area contributed by atoms with Gasteiger partial charge in [0.2, 0.25) is 0 Å². The molecule has 1 heterocycles. The van der Waals surface area contributed by atoms with Gasteiger partial charge in [0, 0.05) is 17.3 Å². The molecule has 0 saturated heterocycles. The molecular weight excluding hydrogens is 250 g/mol. The van der Waals surface area contributed by atoms with Crippen LogP contribution < -0.4 is 4.74 Å². The van der Waals surface area contributed by atoms with E-state index < -0.39 is 0 Å². The molecule has 0 saturated carbocycles. The highest BCUT2D eigenvalue weighted by atomic mass is 35.5. The molecule has 0 spiro atoms. The first-order valence-electron chi connectivity index (χ1n) is 5.60. The Balaban J connectivity index is 2.23. The largest absolute Gasteiger partial charge is 0.494 e. The number of rotatable bonds is 4. The molecule has 1 aromatic carbocycles. The van der Waals surface area contributed by atoms with E-state index >= 15 is 0 Å². The van der Waals surface area contributed by atoms with Crippen molar-refractivity contribution in [2.24, 2.45) is 0 Å². The summed E-state index contributed by atoms with van der Waals surface area (Å²) in [5.74, 6) is 0.671. The lowest BCUT2D eigenvalue weighted by Crippen LogP contribution is -2.01. The summed E-state index contributed by atoms with van der Waals surface area (Å²) in [7, 11) is 0. The number of ketones is 1. The smallest absolute Gasteiger partial charge is 0.193 e. The lowest BCUT2D eigenvalue weighted by Gasteiger charge is -2.04.